The molecule has 3 heteroatoms. The third-order valence-corrected chi connectivity index (χ3v) is 5.34. The molecule has 1 fully saturated rings. The number of hydrogen-bond donors (Lipinski definition) is 1. The molecule has 120 valence electrons. The van der Waals surface area contributed by atoms with Gasteiger partial charge in [0.25, 0.3) is 0 Å². The molecule has 0 radical (unpaired) electrons. The third-order valence-electron chi connectivity index (χ3n) is 5.01. The van der Waals surface area contributed by atoms with Crippen LogP contribution in [0, 0.1) is 5.41 Å². The van der Waals surface area contributed by atoms with Crippen molar-refractivity contribution in [3.8, 4) is 0 Å². The molecular formula is C19H27ClN2. The summed E-state index contributed by atoms with van der Waals surface area (Å²) in [7, 11) is 0. The zero-order valence-corrected chi connectivity index (χ0v) is 14.5. The van der Waals surface area contributed by atoms with Crippen molar-refractivity contribution in [1.82, 2.24) is 10.2 Å². The predicted molar refractivity (Wildman–Crippen MR) is 95.3 cm³/mol. The minimum Gasteiger partial charge on any atom is -0.314 e. The van der Waals surface area contributed by atoms with Gasteiger partial charge in [0.05, 0.1) is 0 Å². The fourth-order valence-corrected chi connectivity index (χ4v) is 3.89. The highest BCUT2D eigenvalue weighted by Crippen LogP contribution is 2.44. The van der Waals surface area contributed by atoms with Crippen LogP contribution in [0.2, 0.25) is 5.02 Å². The highest BCUT2D eigenvalue weighted by molar-refractivity contribution is 6.32. The monoisotopic (exact) mass is 318 g/mol. The molecule has 0 bridgehead atoms. The molecule has 1 saturated heterocycles. The minimum absolute atomic E-state index is 0.376. The number of benzene rings is 1. The fourth-order valence-electron chi connectivity index (χ4n) is 3.64. The molecule has 1 N–H and O–H groups in total. The Kier molecular flexibility index (Phi) is 4.91. The van der Waals surface area contributed by atoms with Gasteiger partial charge in [-0.2, -0.15) is 0 Å². The lowest BCUT2D eigenvalue weighted by atomic mass is 9.72. The van der Waals surface area contributed by atoms with Crippen LogP contribution >= 0.6 is 11.6 Å². The maximum absolute atomic E-state index is 6.50. The van der Waals surface area contributed by atoms with Crippen LogP contribution in [-0.2, 0) is 0 Å². The third kappa shape index (κ3) is 3.73. The molecule has 1 aromatic rings. The Bertz CT molecular complexity index is 556. The van der Waals surface area contributed by atoms with E-state index in [2.05, 4.69) is 36.2 Å². The minimum atomic E-state index is 0.376. The topological polar surface area (TPSA) is 15.3 Å². The molecular weight excluding hydrogens is 292 g/mol. The lowest BCUT2D eigenvalue weighted by Crippen LogP contribution is -2.44. The fraction of sp³-hybridized carbons (Fsp3) is 0.579. The van der Waals surface area contributed by atoms with Gasteiger partial charge in [0.1, 0.15) is 0 Å². The molecule has 3 rings (SSSR count). The van der Waals surface area contributed by atoms with Crippen molar-refractivity contribution in [2.75, 3.05) is 32.7 Å². The van der Waals surface area contributed by atoms with Crippen molar-refractivity contribution in [2.24, 2.45) is 5.41 Å². The van der Waals surface area contributed by atoms with Gasteiger partial charge in [-0.05, 0) is 41.9 Å². The number of halogens is 1. The van der Waals surface area contributed by atoms with Crippen molar-refractivity contribution in [2.45, 2.75) is 33.1 Å². The van der Waals surface area contributed by atoms with Crippen LogP contribution in [0.3, 0.4) is 0 Å². The highest BCUT2D eigenvalue weighted by atomic mass is 35.5. The number of nitrogens with zero attached hydrogens (tertiary/aromatic N) is 1. The highest BCUT2D eigenvalue weighted by Gasteiger charge is 2.29. The molecule has 0 saturated carbocycles. The Morgan fingerprint density at radius 3 is 2.64 bits per heavy atom. The van der Waals surface area contributed by atoms with Gasteiger partial charge in [0.15, 0.2) is 0 Å². The van der Waals surface area contributed by atoms with Crippen molar-refractivity contribution in [3.05, 3.63) is 40.4 Å². The molecule has 1 aliphatic heterocycles. The van der Waals surface area contributed by atoms with Crippen LogP contribution in [0.1, 0.15) is 38.7 Å². The summed E-state index contributed by atoms with van der Waals surface area (Å²) in [6.07, 6.45) is 3.62. The zero-order valence-electron chi connectivity index (χ0n) is 13.8. The average Bonchev–Trinajstić information content (AvgIpc) is 2.50. The second kappa shape index (κ2) is 6.74. The first-order valence-corrected chi connectivity index (χ1v) is 8.82. The number of hydrogen-bond acceptors (Lipinski definition) is 2. The molecule has 0 spiro atoms. The summed E-state index contributed by atoms with van der Waals surface area (Å²) in [5.74, 6) is 0. The Morgan fingerprint density at radius 1 is 1.18 bits per heavy atom. The smallest absolute Gasteiger partial charge is 0.0481 e. The van der Waals surface area contributed by atoms with E-state index in [1.54, 1.807) is 5.57 Å². The number of rotatable bonds is 3. The summed E-state index contributed by atoms with van der Waals surface area (Å²) in [6, 6.07) is 8.35. The maximum Gasteiger partial charge on any atom is 0.0481 e. The van der Waals surface area contributed by atoms with Crippen LogP contribution in [0.25, 0.3) is 5.57 Å². The van der Waals surface area contributed by atoms with Gasteiger partial charge in [-0.25, -0.2) is 0 Å². The van der Waals surface area contributed by atoms with Gasteiger partial charge < -0.3 is 5.32 Å². The molecule has 1 aliphatic carbocycles. The van der Waals surface area contributed by atoms with Crippen LogP contribution < -0.4 is 5.32 Å². The Morgan fingerprint density at radius 2 is 1.91 bits per heavy atom. The number of nitrogens with one attached hydrogen (secondary N) is 1. The molecule has 0 amide bonds. The van der Waals surface area contributed by atoms with Crippen molar-refractivity contribution < 1.29 is 0 Å². The standard InChI is InChI=1S/C19H27ClN2/c1-19(2)8-7-15(14-22-11-9-21-10-12-22)17(13-19)16-5-3-4-6-18(16)20/h3-6,21H,7-14H2,1-2H3. The van der Waals surface area contributed by atoms with Gasteiger partial charge in [-0.15, -0.1) is 0 Å². The van der Waals surface area contributed by atoms with Crippen LogP contribution in [0.15, 0.2) is 29.8 Å². The van der Waals surface area contributed by atoms with Gasteiger partial charge in [-0.3, -0.25) is 4.90 Å². The number of allylic oxidation sites excluding steroid dienone is 1. The summed E-state index contributed by atoms with van der Waals surface area (Å²) in [6.45, 7) is 10.4. The summed E-state index contributed by atoms with van der Waals surface area (Å²) in [4.78, 5) is 2.58. The Hall–Kier alpha value is -0.830. The van der Waals surface area contributed by atoms with Crippen molar-refractivity contribution >= 4 is 17.2 Å². The van der Waals surface area contributed by atoms with Gasteiger partial charge >= 0.3 is 0 Å². The molecule has 0 atom stereocenters. The molecule has 1 heterocycles. The van der Waals surface area contributed by atoms with E-state index >= 15 is 0 Å². The van der Waals surface area contributed by atoms with E-state index in [9.17, 15) is 0 Å². The van der Waals surface area contributed by atoms with Crippen molar-refractivity contribution in [1.29, 1.82) is 0 Å². The predicted octanol–water partition coefficient (Wildman–Crippen LogP) is 4.21. The Labute approximate surface area is 139 Å². The largest absolute Gasteiger partial charge is 0.314 e. The van der Waals surface area contributed by atoms with Crippen LogP contribution in [0.5, 0.6) is 0 Å². The van der Waals surface area contributed by atoms with E-state index in [1.165, 1.54) is 24.0 Å². The quantitative estimate of drug-likeness (QED) is 0.898. The van der Waals surface area contributed by atoms with Crippen LogP contribution in [-0.4, -0.2) is 37.6 Å². The summed E-state index contributed by atoms with van der Waals surface area (Å²) < 4.78 is 0. The zero-order chi connectivity index (χ0) is 15.6. The summed E-state index contributed by atoms with van der Waals surface area (Å²) in [5, 5.41) is 4.33. The van der Waals surface area contributed by atoms with Gasteiger partial charge in [0.2, 0.25) is 0 Å². The molecule has 1 aromatic carbocycles. The second-order valence-electron chi connectivity index (χ2n) is 7.43. The van der Waals surface area contributed by atoms with E-state index in [0.29, 0.717) is 5.41 Å². The second-order valence-corrected chi connectivity index (χ2v) is 7.84. The van der Waals surface area contributed by atoms with E-state index < -0.39 is 0 Å². The number of piperazine rings is 1. The molecule has 2 nitrogen and oxygen atoms in total. The first-order chi connectivity index (χ1) is 10.6. The van der Waals surface area contributed by atoms with E-state index in [0.717, 1.165) is 44.2 Å². The SMILES string of the molecule is CC1(C)CCC(CN2CCNCC2)=C(c2ccccc2Cl)C1. The first kappa shape index (κ1) is 16.0. The average molecular weight is 319 g/mol. The normalized spacial score (nSPS) is 22.9. The van der Waals surface area contributed by atoms with Gasteiger partial charge in [-0.1, -0.05) is 49.2 Å². The maximum atomic E-state index is 6.50. The lowest BCUT2D eigenvalue weighted by molar-refractivity contribution is 0.249. The van der Waals surface area contributed by atoms with Crippen LogP contribution in [0.4, 0.5) is 0 Å². The summed E-state index contributed by atoms with van der Waals surface area (Å²) >= 11 is 6.50. The Balaban J connectivity index is 1.91. The van der Waals surface area contributed by atoms with E-state index in [4.69, 9.17) is 11.6 Å². The van der Waals surface area contributed by atoms with E-state index in [1.807, 2.05) is 12.1 Å². The van der Waals surface area contributed by atoms with E-state index in [-0.39, 0.29) is 0 Å². The summed E-state index contributed by atoms with van der Waals surface area (Å²) in [5.41, 5.74) is 4.73. The molecule has 0 unspecified atom stereocenters. The molecule has 2 aliphatic rings. The lowest BCUT2D eigenvalue weighted by Gasteiger charge is -2.36. The molecule has 0 aromatic heterocycles. The molecule has 22 heavy (non-hydrogen) atoms. The first-order valence-electron chi connectivity index (χ1n) is 8.44. The van der Waals surface area contributed by atoms with Gasteiger partial charge in [0, 0.05) is 37.7 Å². The van der Waals surface area contributed by atoms with Crippen molar-refractivity contribution in [3.63, 3.8) is 0 Å².